The number of carbonyl (C=O) groups is 1. The average Bonchev–Trinajstić information content (AvgIpc) is 3.57. The zero-order valence-corrected chi connectivity index (χ0v) is 20.1. The summed E-state index contributed by atoms with van der Waals surface area (Å²) < 4.78 is 12.3. The van der Waals surface area contributed by atoms with E-state index in [2.05, 4.69) is 10.5 Å². The van der Waals surface area contributed by atoms with Crippen LogP contribution in [-0.2, 0) is 17.6 Å². The van der Waals surface area contributed by atoms with Gasteiger partial charge in [0.05, 0.1) is 35.9 Å². The molecule has 5 rings (SSSR count). The molecule has 0 aliphatic heterocycles. The summed E-state index contributed by atoms with van der Waals surface area (Å²) in [5, 5.41) is 5.06. The zero-order valence-electron chi connectivity index (χ0n) is 18.4. The van der Waals surface area contributed by atoms with Crippen molar-refractivity contribution in [3.8, 4) is 11.4 Å². The van der Waals surface area contributed by atoms with Crippen LogP contribution in [0.3, 0.4) is 0 Å². The highest BCUT2D eigenvalue weighted by Crippen LogP contribution is 2.36. The fourth-order valence-electron chi connectivity index (χ4n) is 3.90. The Kier molecular flexibility index (Phi) is 6.50. The predicted molar refractivity (Wildman–Crippen MR) is 134 cm³/mol. The smallest absolute Gasteiger partial charge is 0.267 e. The topological polar surface area (TPSA) is 98.7 Å². The van der Waals surface area contributed by atoms with E-state index in [0.29, 0.717) is 28.6 Å². The van der Waals surface area contributed by atoms with Gasteiger partial charge in [0.25, 0.3) is 11.5 Å². The summed E-state index contributed by atoms with van der Waals surface area (Å²) in [5.74, 6) is 1.01. The van der Waals surface area contributed by atoms with Crippen molar-refractivity contribution in [1.29, 1.82) is 0 Å². The molecule has 0 bridgehead atoms. The van der Waals surface area contributed by atoms with Crippen molar-refractivity contribution in [2.75, 3.05) is 12.4 Å². The number of nitrogens with zero attached hydrogens (tertiary/aromatic N) is 3. The number of hydrogen-bond donors (Lipinski definition) is 1. The highest BCUT2D eigenvalue weighted by atomic mass is 32.2. The number of thiophene rings is 1. The van der Waals surface area contributed by atoms with Gasteiger partial charge in [-0.15, -0.1) is 11.3 Å². The molecule has 1 aliphatic rings. The number of rotatable bonds is 8. The second-order valence-electron chi connectivity index (χ2n) is 7.60. The molecule has 0 saturated carbocycles. The van der Waals surface area contributed by atoms with Crippen LogP contribution < -0.4 is 15.7 Å². The Hall–Kier alpha value is -3.37. The molecule has 34 heavy (non-hydrogen) atoms. The summed E-state index contributed by atoms with van der Waals surface area (Å²) in [6, 6.07) is 10.8. The summed E-state index contributed by atoms with van der Waals surface area (Å²) >= 11 is 2.78. The monoisotopic (exact) mass is 494 g/mol. The van der Waals surface area contributed by atoms with E-state index >= 15 is 0 Å². The van der Waals surface area contributed by atoms with Crippen LogP contribution in [0.1, 0.15) is 29.5 Å². The van der Waals surface area contributed by atoms with Gasteiger partial charge >= 0.3 is 0 Å². The predicted octanol–water partition coefficient (Wildman–Crippen LogP) is 4.17. The number of hydrazone groups is 1. The summed E-state index contributed by atoms with van der Waals surface area (Å²) in [4.78, 5) is 32.8. The molecule has 1 aromatic carbocycles. The van der Waals surface area contributed by atoms with Gasteiger partial charge < -0.3 is 9.15 Å². The molecule has 0 radical (unpaired) electrons. The molecule has 0 spiro atoms. The number of nitrogens with one attached hydrogen (secondary N) is 1. The lowest BCUT2D eigenvalue weighted by Crippen LogP contribution is -2.24. The van der Waals surface area contributed by atoms with Crippen LogP contribution in [0.15, 0.2) is 62.1 Å². The number of ether oxygens (including phenoxy) is 1. The fourth-order valence-corrected chi connectivity index (χ4v) is 6.01. The van der Waals surface area contributed by atoms with Crippen LogP contribution in [-0.4, -0.2) is 34.0 Å². The normalized spacial score (nSPS) is 13.0. The first-order valence-corrected chi connectivity index (χ1v) is 12.7. The van der Waals surface area contributed by atoms with E-state index in [1.165, 1.54) is 29.1 Å². The van der Waals surface area contributed by atoms with Gasteiger partial charge in [0.1, 0.15) is 16.3 Å². The molecule has 10 heteroatoms. The Labute approximate surface area is 203 Å². The molecule has 3 aromatic heterocycles. The van der Waals surface area contributed by atoms with Crippen LogP contribution >= 0.6 is 23.1 Å². The van der Waals surface area contributed by atoms with E-state index in [1.807, 2.05) is 31.2 Å². The maximum atomic E-state index is 13.7. The van der Waals surface area contributed by atoms with Crippen molar-refractivity contribution in [1.82, 2.24) is 15.0 Å². The number of furan rings is 1. The van der Waals surface area contributed by atoms with Gasteiger partial charge in [-0.2, -0.15) is 5.10 Å². The SMILES string of the molecule is CCOc1ccc(-n2c(SCC(=O)NN=Cc3ccco3)nc3sc4c(c3c2=O)CCC4)cc1. The van der Waals surface area contributed by atoms with Crippen LogP contribution in [0.5, 0.6) is 5.75 Å². The van der Waals surface area contributed by atoms with Gasteiger partial charge in [0.2, 0.25) is 0 Å². The molecular weight excluding hydrogens is 472 g/mol. The minimum absolute atomic E-state index is 0.0512. The first-order chi connectivity index (χ1) is 16.6. The molecule has 0 atom stereocenters. The van der Waals surface area contributed by atoms with E-state index in [0.717, 1.165) is 35.4 Å². The van der Waals surface area contributed by atoms with E-state index in [-0.39, 0.29) is 17.2 Å². The number of aromatic nitrogens is 2. The number of amides is 1. The van der Waals surface area contributed by atoms with Gasteiger partial charge in [0.15, 0.2) is 5.16 Å². The van der Waals surface area contributed by atoms with Crippen LogP contribution in [0.2, 0.25) is 0 Å². The number of aryl methyl sites for hydroxylation is 2. The Bertz CT molecular complexity index is 1410. The van der Waals surface area contributed by atoms with Crippen molar-refractivity contribution in [2.24, 2.45) is 5.10 Å². The van der Waals surface area contributed by atoms with E-state index in [9.17, 15) is 9.59 Å². The first-order valence-electron chi connectivity index (χ1n) is 10.9. The number of benzene rings is 1. The number of hydrogen-bond acceptors (Lipinski definition) is 8. The van der Waals surface area contributed by atoms with E-state index < -0.39 is 0 Å². The van der Waals surface area contributed by atoms with Gasteiger partial charge in [-0.3, -0.25) is 14.2 Å². The Morgan fingerprint density at radius 2 is 2.18 bits per heavy atom. The van der Waals surface area contributed by atoms with Crippen molar-refractivity contribution in [2.45, 2.75) is 31.3 Å². The van der Waals surface area contributed by atoms with Crippen molar-refractivity contribution in [3.05, 3.63) is 69.2 Å². The molecule has 1 aliphatic carbocycles. The van der Waals surface area contributed by atoms with Crippen LogP contribution in [0.25, 0.3) is 15.9 Å². The van der Waals surface area contributed by atoms with Gasteiger partial charge in [0, 0.05) is 4.88 Å². The Morgan fingerprint density at radius 1 is 1.32 bits per heavy atom. The van der Waals surface area contributed by atoms with Gasteiger partial charge in [-0.25, -0.2) is 10.4 Å². The molecule has 8 nitrogen and oxygen atoms in total. The Balaban J connectivity index is 1.45. The second kappa shape index (κ2) is 9.86. The average molecular weight is 495 g/mol. The Morgan fingerprint density at radius 3 is 2.94 bits per heavy atom. The maximum Gasteiger partial charge on any atom is 0.267 e. The molecular formula is C24H22N4O4S2. The largest absolute Gasteiger partial charge is 0.494 e. The third-order valence-electron chi connectivity index (χ3n) is 5.37. The van der Waals surface area contributed by atoms with Gasteiger partial charge in [-0.1, -0.05) is 11.8 Å². The molecule has 174 valence electrons. The second-order valence-corrected chi connectivity index (χ2v) is 9.62. The van der Waals surface area contributed by atoms with E-state index in [1.54, 1.807) is 28.0 Å². The number of carbonyl (C=O) groups excluding carboxylic acids is 1. The minimum atomic E-state index is -0.311. The van der Waals surface area contributed by atoms with Crippen LogP contribution in [0.4, 0.5) is 0 Å². The molecule has 0 fully saturated rings. The molecule has 1 amide bonds. The van der Waals surface area contributed by atoms with Crippen molar-refractivity contribution in [3.63, 3.8) is 0 Å². The summed E-state index contributed by atoms with van der Waals surface area (Å²) in [6.45, 7) is 2.48. The maximum absolute atomic E-state index is 13.7. The zero-order chi connectivity index (χ0) is 23.5. The van der Waals surface area contributed by atoms with Crippen LogP contribution in [0, 0.1) is 0 Å². The molecule has 3 heterocycles. The van der Waals surface area contributed by atoms with Crippen molar-refractivity contribution >= 4 is 45.4 Å². The first kappa shape index (κ1) is 22.4. The number of thioether (sulfide) groups is 1. The fraction of sp³-hybridized carbons (Fsp3) is 0.250. The molecule has 0 unspecified atom stereocenters. The lowest BCUT2D eigenvalue weighted by atomic mass is 10.2. The summed E-state index contributed by atoms with van der Waals surface area (Å²) in [7, 11) is 0. The van der Waals surface area contributed by atoms with Crippen molar-refractivity contribution < 1.29 is 13.9 Å². The summed E-state index contributed by atoms with van der Waals surface area (Å²) in [5.41, 5.74) is 4.18. The molecule has 4 aromatic rings. The van der Waals surface area contributed by atoms with E-state index in [4.69, 9.17) is 14.1 Å². The highest BCUT2D eigenvalue weighted by Gasteiger charge is 2.24. The quantitative estimate of drug-likeness (QED) is 0.171. The third-order valence-corrected chi connectivity index (χ3v) is 7.49. The lowest BCUT2D eigenvalue weighted by Gasteiger charge is -2.13. The van der Waals surface area contributed by atoms with Gasteiger partial charge in [-0.05, 0) is 68.1 Å². The molecule has 1 N–H and O–H groups in total. The molecule has 0 saturated heterocycles. The standard InChI is InChI=1S/C24H22N4O4S2/c1-2-31-16-10-8-15(9-11-16)28-23(30)21-18-6-3-7-19(18)34-22(21)26-24(28)33-14-20(29)27-25-13-17-5-4-12-32-17/h4-5,8-13H,2-3,6-7,14H2,1H3,(H,27,29). The minimum Gasteiger partial charge on any atom is -0.494 e. The summed E-state index contributed by atoms with van der Waals surface area (Å²) in [6.07, 6.45) is 5.90. The third kappa shape index (κ3) is 4.51. The lowest BCUT2D eigenvalue weighted by molar-refractivity contribution is -0.118. The number of fused-ring (bicyclic) bond motifs is 3. The highest BCUT2D eigenvalue weighted by molar-refractivity contribution is 7.99.